The van der Waals surface area contributed by atoms with Gasteiger partial charge in [-0.15, -0.1) is 11.8 Å². The molecule has 1 unspecified atom stereocenters. The van der Waals surface area contributed by atoms with Crippen molar-refractivity contribution >= 4 is 17.7 Å². The molecule has 0 aromatic heterocycles. The predicted molar refractivity (Wildman–Crippen MR) is 58.5 cm³/mol. The van der Waals surface area contributed by atoms with E-state index in [9.17, 15) is 4.79 Å². The van der Waals surface area contributed by atoms with Gasteiger partial charge in [-0.25, -0.2) is 4.79 Å². The fourth-order valence-corrected chi connectivity index (χ4v) is 2.53. The van der Waals surface area contributed by atoms with Crippen LogP contribution in [0.4, 0.5) is 0 Å². The molecule has 0 spiro atoms. The molecule has 3 nitrogen and oxygen atoms in total. The zero-order valence-electron chi connectivity index (χ0n) is 8.18. The second-order valence-corrected chi connectivity index (χ2v) is 4.81. The van der Waals surface area contributed by atoms with E-state index in [-0.39, 0.29) is 0 Å². The van der Waals surface area contributed by atoms with Gasteiger partial charge in [0.05, 0.1) is 12.2 Å². The second-order valence-electron chi connectivity index (χ2n) is 3.43. The lowest BCUT2D eigenvalue weighted by Crippen LogP contribution is -2.00. The van der Waals surface area contributed by atoms with Crippen molar-refractivity contribution in [2.24, 2.45) is 0 Å². The minimum Gasteiger partial charge on any atom is -0.478 e. The smallest absolute Gasteiger partial charge is 0.335 e. The Morgan fingerprint density at radius 3 is 2.67 bits per heavy atom. The van der Waals surface area contributed by atoms with E-state index in [2.05, 4.69) is 0 Å². The summed E-state index contributed by atoms with van der Waals surface area (Å²) in [7, 11) is 0. The Kier molecular flexibility index (Phi) is 3.28. The molecule has 0 bridgehead atoms. The number of hydrogen-bond donors (Lipinski definition) is 1. The Morgan fingerprint density at radius 2 is 2.13 bits per heavy atom. The number of ether oxygens (including phenoxy) is 1. The summed E-state index contributed by atoms with van der Waals surface area (Å²) in [4.78, 5) is 11.7. The molecule has 0 amide bonds. The Bertz CT molecular complexity index is 341. The largest absolute Gasteiger partial charge is 0.478 e. The monoisotopic (exact) mass is 224 g/mol. The average Bonchev–Trinajstić information content (AvgIpc) is 2.71. The van der Waals surface area contributed by atoms with Crippen LogP contribution in [0.2, 0.25) is 0 Å². The molecule has 1 atom stereocenters. The third kappa shape index (κ3) is 2.73. The van der Waals surface area contributed by atoms with Crippen molar-refractivity contribution in [1.82, 2.24) is 0 Å². The van der Waals surface area contributed by atoms with Gasteiger partial charge in [-0.2, -0.15) is 0 Å². The van der Waals surface area contributed by atoms with Crippen molar-refractivity contribution in [2.75, 3.05) is 13.2 Å². The van der Waals surface area contributed by atoms with Crippen LogP contribution in [0, 0.1) is 0 Å². The molecule has 1 fully saturated rings. The highest BCUT2D eigenvalue weighted by atomic mass is 32.2. The summed E-state index contributed by atoms with van der Waals surface area (Å²) in [6.07, 6.45) is 1.07. The lowest BCUT2D eigenvalue weighted by Gasteiger charge is -2.06. The van der Waals surface area contributed by atoms with Crippen molar-refractivity contribution in [3.05, 3.63) is 29.8 Å². The molecule has 1 aliphatic rings. The van der Waals surface area contributed by atoms with Crippen LogP contribution in [0.15, 0.2) is 29.2 Å². The molecule has 0 radical (unpaired) electrons. The number of carbonyl (C=O) groups is 1. The summed E-state index contributed by atoms with van der Waals surface area (Å²) < 4.78 is 5.28. The standard InChI is InChI=1S/C11H12O3S/c12-11(13)8-1-3-9(4-2-8)15-10-5-6-14-7-10/h1-4,10H,5-7H2,(H,12,13). The van der Waals surface area contributed by atoms with Crippen LogP contribution in [0.25, 0.3) is 0 Å². The maximum atomic E-state index is 10.6. The number of hydrogen-bond acceptors (Lipinski definition) is 3. The Hall–Kier alpha value is -1.00. The van der Waals surface area contributed by atoms with Crippen LogP contribution in [0.1, 0.15) is 16.8 Å². The summed E-state index contributed by atoms with van der Waals surface area (Å²) in [6.45, 7) is 1.64. The Labute approximate surface area is 92.4 Å². The van der Waals surface area contributed by atoms with Gasteiger partial charge < -0.3 is 9.84 Å². The van der Waals surface area contributed by atoms with Crippen LogP contribution in [-0.2, 0) is 4.74 Å². The Balaban J connectivity index is 2.00. The van der Waals surface area contributed by atoms with E-state index in [1.54, 1.807) is 23.9 Å². The van der Waals surface area contributed by atoms with Crippen molar-refractivity contribution in [3.63, 3.8) is 0 Å². The molecule has 0 saturated carbocycles. The van der Waals surface area contributed by atoms with Crippen LogP contribution in [-0.4, -0.2) is 29.5 Å². The number of thioether (sulfide) groups is 1. The van der Waals surface area contributed by atoms with E-state index in [0.717, 1.165) is 24.5 Å². The van der Waals surface area contributed by atoms with Crippen LogP contribution >= 0.6 is 11.8 Å². The number of benzene rings is 1. The first kappa shape index (κ1) is 10.5. The molecular formula is C11H12O3S. The number of aromatic carboxylic acids is 1. The topological polar surface area (TPSA) is 46.5 Å². The fraction of sp³-hybridized carbons (Fsp3) is 0.364. The van der Waals surface area contributed by atoms with Crippen LogP contribution < -0.4 is 0 Å². The maximum Gasteiger partial charge on any atom is 0.335 e. The highest BCUT2D eigenvalue weighted by Gasteiger charge is 2.16. The summed E-state index contributed by atoms with van der Waals surface area (Å²) in [5.41, 5.74) is 0.335. The van der Waals surface area contributed by atoms with E-state index in [1.807, 2.05) is 12.1 Å². The van der Waals surface area contributed by atoms with Gasteiger partial charge in [0, 0.05) is 16.8 Å². The lowest BCUT2D eigenvalue weighted by atomic mass is 10.2. The van der Waals surface area contributed by atoms with Crippen LogP contribution in [0.3, 0.4) is 0 Å². The first-order valence-electron chi connectivity index (χ1n) is 4.83. The van der Waals surface area contributed by atoms with E-state index in [4.69, 9.17) is 9.84 Å². The first-order chi connectivity index (χ1) is 7.25. The number of carboxylic acid groups (broad SMARTS) is 1. The van der Waals surface area contributed by atoms with Gasteiger partial charge in [-0.3, -0.25) is 0 Å². The Morgan fingerprint density at radius 1 is 1.40 bits per heavy atom. The quantitative estimate of drug-likeness (QED) is 0.855. The summed E-state index contributed by atoms with van der Waals surface area (Å²) >= 11 is 1.75. The first-order valence-corrected chi connectivity index (χ1v) is 5.71. The zero-order chi connectivity index (χ0) is 10.7. The third-order valence-corrected chi connectivity index (χ3v) is 3.54. The fourth-order valence-electron chi connectivity index (χ4n) is 1.47. The van der Waals surface area contributed by atoms with Gasteiger partial charge >= 0.3 is 5.97 Å². The van der Waals surface area contributed by atoms with Crippen molar-refractivity contribution in [3.8, 4) is 0 Å². The van der Waals surface area contributed by atoms with Crippen molar-refractivity contribution in [1.29, 1.82) is 0 Å². The molecule has 1 heterocycles. The van der Waals surface area contributed by atoms with Gasteiger partial charge in [0.1, 0.15) is 0 Å². The van der Waals surface area contributed by atoms with Gasteiger partial charge in [0.25, 0.3) is 0 Å². The lowest BCUT2D eigenvalue weighted by molar-refractivity contribution is 0.0697. The molecule has 15 heavy (non-hydrogen) atoms. The molecule has 1 aliphatic heterocycles. The molecule has 4 heteroatoms. The van der Waals surface area contributed by atoms with E-state index < -0.39 is 5.97 Å². The van der Waals surface area contributed by atoms with Gasteiger partial charge in [-0.05, 0) is 30.7 Å². The highest BCUT2D eigenvalue weighted by Crippen LogP contribution is 2.28. The SMILES string of the molecule is O=C(O)c1ccc(SC2CCOC2)cc1. The summed E-state index contributed by atoms with van der Waals surface area (Å²) in [5.74, 6) is -0.879. The minimum absolute atomic E-state index is 0.335. The highest BCUT2D eigenvalue weighted by molar-refractivity contribution is 8.00. The predicted octanol–water partition coefficient (Wildman–Crippen LogP) is 2.27. The van der Waals surface area contributed by atoms with E-state index in [0.29, 0.717) is 10.8 Å². The van der Waals surface area contributed by atoms with Gasteiger partial charge in [0.15, 0.2) is 0 Å². The maximum absolute atomic E-state index is 10.6. The molecule has 2 rings (SSSR count). The molecule has 0 aliphatic carbocycles. The molecule has 80 valence electrons. The number of rotatable bonds is 3. The van der Waals surface area contributed by atoms with Gasteiger partial charge in [-0.1, -0.05) is 0 Å². The average molecular weight is 224 g/mol. The van der Waals surface area contributed by atoms with E-state index >= 15 is 0 Å². The summed E-state index contributed by atoms with van der Waals surface area (Å²) in [5, 5.41) is 9.25. The molecular weight excluding hydrogens is 212 g/mol. The third-order valence-electron chi connectivity index (χ3n) is 2.29. The van der Waals surface area contributed by atoms with Gasteiger partial charge in [0.2, 0.25) is 0 Å². The van der Waals surface area contributed by atoms with Crippen molar-refractivity contribution < 1.29 is 14.6 Å². The summed E-state index contributed by atoms with van der Waals surface area (Å²) in [6, 6.07) is 6.99. The second kappa shape index (κ2) is 4.68. The molecule has 1 saturated heterocycles. The minimum atomic E-state index is -0.879. The van der Waals surface area contributed by atoms with E-state index in [1.165, 1.54) is 0 Å². The van der Waals surface area contributed by atoms with Crippen molar-refractivity contribution in [2.45, 2.75) is 16.6 Å². The zero-order valence-corrected chi connectivity index (χ0v) is 9.00. The normalized spacial score (nSPS) is 20.4. The molecule has 1 aromatic rings. The molecule has 1 aromatic carbocycles. The van der Waals surface area contributed by atoms with Crippen LogP contribution in [0.5, 0.6) is 0 Å². The number of carboxylic acids is 1. The molecule has 1 N–H and O–H groups in total.